The van der Waals surface area contributed by atoms with Crippen LogP contribution in [-0.2, 0) is 58.3 Å². The van der Waals surface area contributed by atoms with Crippen LogP contribution in [0, 0.1) is 0 Å². The first-order chi connectivity index (χ1) is 50.0. The summed E-state index contributed by atoms with van der Waals surface area (Å²) in [5.41, 5.74) is 16.3. The molecule has 101 heavy (non-hydrogen) atoms. The van der Waals surface area contributed by atoms with Crippen LogP contribution in [-0.4, -0.2) is 76.8 Å². The van der Waals surface area contributed by atoms with E-state index in [0.717, 1.165) is 158 Å². The molecule has 18 heteroatoms. The maximum Gasteiger partial charge on any atom is 0.174 e. The first kappa shape index (κ1) is 66.6. The minimum absolute atomic E-state index is 0.427. The van der Waals surface area contributed by atoms with Crippen molar-refractivity contribution in [2.45, 2.75) is 71.2 Å². The van der Waals surface area contributed by atoms with Crippen LogP contribution < -0.4 is 14.2 Å². The largest absolute Gasteiger partial charge is 0.487 e. The number of aromatic nitrogens is 15. The molecule has 18 nitrogen and oxygen atoms in total. The number of aromatic amines is 3. The molecule has 0 spiro atoms. The number of H-pyrrole nitrogens is 3. The zero-order valence-electron chi connectivity index (χ0n) is 55.6. The Morgan fingerprint density at radius 1 is 0.287 bits per heavy atom. The number of hydrogen-bond donors (Lipinski definition) is 3. The SMILES string of the molecule is C(=Cc1ccc(OCc2ccc3ccccc3n2)cc1)c1ccc(CCCc2nn[nH]n2)cc1.C(=Cc1cccc(OCc2ccc3ccccc3n2)c1)c1ccc(CCCc2nn[nH]n2)cc1.C(=Cc1ccccc1CCc1nn[nH]n1)c1cccc(OCc2ccc3ccccc3n2)c1. The number of aryl methyl sites for hydroxylation is 6. The molecular formula is C83H73N15O3. The summed E-state index contributed by atoms with van der Waals surface area (Å²) in [6.45, 7) is 1.31. The molecule has 0 atom stereocenters. The number of rotatable bonds is 26. The summed E-state index contributed by atoms with van der Waals surface area (Å²) in [6, 6.07) is 86.5. The fourth-order valence-electron chi connectivity index (χ4n) is 11.2. The second-order valence-electron chi connectivity index (χ2n) is 23.9. The van der Waals surface area contributed by atoms with Crippen molar-refractivity contribution < 1.29 is 14.2 Å². The Balaban J connectivity index is 0.000000135. The number of benzene rings is 9. The van der Waals surface area contributed by atoms with Gasteiger partial charge in [0.25, 0.3) is 0 Å². The first-order valence-corrected chi connectivity index (χ1v) is 33.7. The van der Waals surface area contributed by atoms with Crippen molar-refractivity contribution in [2.75, 3.05) is 0 Å². The van der Waals surface area contributed by atoms with Crippen molar-refractivity contribution in [1.29, 1.82) is 0 Å². The van der Waals surface area contributed by atoms with E-state index in [-0.39, 0.29) is 0 Å². The summed E-state index contributed by atoms with van der Waals surface area (Å²) in [4.78, 5) is 14.0. The van der Waals surface area contributed by atoms with Crippen LogP contribution in [0.5, 0.6) is 17.2 Å². The summed E-state index contributed by atoms with van der Waals surface area (Å²) in [6.07, 6.45) is 19.9. The molecule has 0 aliphatic heterocycles. The van der Waals surface area contributed by atoms with Gasteiger partial charge in [0.15, 0.2) is 17.5 Å². The lowest BCUT2D eigenvalue weighted by Gasteiger charge is -2.08. The van der Waals surface area contributed by atoms with Gasteiger partial charge in [0.2, 0.25) is 0 Å². The third-order valence-electron chi connectivity index (χ3n) is 16.6. The van der Waals surface area contributed by atoms with E-state index in [0.29, 0.717) is 19.8 Å². The number of para-hydroxylation sites is 3. The third-order valence-corrected chi connectivity index (χ3v) is 16.6. The number of tetrazole rings is 3. The molecule has 0 aliphatic carbocycles. The molecule has 15 aromatic rings. The summed E-state index contributed by atoms with van der Waals surface area (Å²) in [7, 11) is 0. The topological polar surface area (TPSA) is 230 Å². The molecule has 0 fully saturated rings. The van der Waals surface area contributed by atoms with E-state index in [2.05, 4.69) is 241 Å². The van der Waals surface area contributed by atoms with E-state index in [1.54, 1.807) is 0 Å². The molecule has 498 valence electrons. The zero-order chi connectivity index (χ0) is 68.3. The molecule has 0 saturated heterocycles. The Morgan fingerprint density at radius 3 is 1.12 bits per heavy atom. The molecule has 0 aliphatic rings. The lowest BCUT2D eigenvalue weighted by atomic mass is 10.0. The van der Waals surface area contributed by atoms with Gasteiger partial charge in [-0.15, -0.1) is 30.6 Å². The van der Waals surface area contributed by atoms with Crippen LogP contribution in [0.2, 0.25) is 0 Å². The standard InChI is InChI=1S/2C28H25N5O.C27H23N5O/c1-2-9-27-24(7-1)17-18-25(29-27)20-34-26-8-3-6-23(19-26)16-15-22-13-11-21(12-14-22)5-4-10-28-30-32-33-31-28;1-2-6-27-24(5-1)16-17-25(29-27)20-34-26-18-14-23(15-19-26)13-12-22-10-8-21(9-11-22)4-3-7-28-30-32-33-31-28;1-2-8-22(15-17-27-29-31-32-30-27)21(7-1)13-12-20-6-5-10-25(18-20)33-19-24-16-14-23-9-3-4-11-26(23)28-24/h1-3,6-9,11-19H,4-5,10,20H2,(H,30,31,32,33);1-2,5-6,8-19H,3-4,7,20H2,(H,30,31,32,33);1-14,16,18H,15,17,19H2,(H,29,30,31,32). The summed E-state index contributed by atoms with van der Waals surface area (Å²) >= 11 is 0. The summed E-state index contributed by atoms with van der Waals surface area (Å²) in [5.74, 6) is 4.73. The Hall–Kier alpha value is -13.0. The first-order valence-electron chi connectivity index (χ1n) is 33.7. The van der Waals surface area contributed by atoms with E-state index in [1.165, 1.54) is 27.8 Å². The van der Waals surface area contributed by atoms with Gasteiger partial charge in [0, 0.05) is 35.4 Å². The Morgan fingerprint density at radius 2 is 0.673 bits per heavy atom. The van der Waals surface area contributed by atoms with E-state index in [1.807, 2.05) is 127 Å². The smallest absolute Gasteiger partial charge is 0.174 e. The van der Waals surface area contributed by atoms with E-state index < -0.39 is 0 Å². The number of nitrogens with one attached hydrogen (secondary N) is 3. The number of pyridine rings is 3. The van der Waals surface area contributed by atoms with Crippen LogP contribution in [0.1, 0.15) is 97.5 Å². The number of nitrogens with zero attached hydrogens (tertiary/aromatic N) is 12. The van der Waals surface area contributed by atoms with Crippen LogP contribution >= 0.6 is 0 Å². The predicted octanol–water partition coefficient (Wildman–Crippen LogP) is 16.6. The number of ether oxygens (including phenoxy) is 3. The van der Waals surface area contributed by atoms with Gasteiger partial charge in [0.1, 0.15) is 37.1 Å². The third kappa shape index (κ3) is 20.3. The lowest BCUT2D eigenvalue weighted by molar-refractivity contribution is 0.301. The van der Waals surface area contributed by atoms with Crippen molar-refractivity contribution in [3.63, 3.8) is 0 Å². The second kappa shape index (κ2) is 34.8. The molecular weight excluding hydrogens is 1260 g/mol. The monoisotopic (exact) mass is 1330 g/mol. The Kier molecular flexibility index (Phi) is 23.0. The van der Waals surface area contributed by atoms with Crippen LogP contribution in [0.3, 0.4) is 0 Å². The maximum atomic E-state index is 6.02. The molecule has 0 amide bonds. The van der Waals surface area contributed by atoms with Gasteiger partial charge in [-0.25, -0.2) is 15.0 Å². The Bertz CT molecular complexity index is 5140. The maximum absolute atomic E-state index is 6.02. The second-order valence-corrected chi connectivity index (χ2v) is 23.9. The molecule has 0 saturated carbocycles. The highest BCUT2D eigenvalue weighted by atomic mass is 16.5. The van der Waals surface area contributed by atoms with Gasteiger partial charge in [-0.3, -0.25) is 0 Å². The molecule has 3 N–H and O–H groups in total. The average Bonchev–Trinajstić information content (AvgIpc) is 1.49. The van der Waals surface area contributed by atoms with Crippen LogP contribution in [0.25, 0.3) is 69.2 Å². The highest BCUT2D eigenvalue weighted by Crippen LogP contribution is 2.24. The normalized spacial score (nSPS) is 11.3. The number of hydrogen-bond acceptors (Lipinski definition) is 15. The van der Waals surface area contributed by atoms with Gasteiger partial charge in [-0.1, -0.05) is 234 Å². The van der Waals surface area contributed by atoms with Crippen LogP contribution in [0.15, 0.2) is 255 Å². The fourth-order valence-corrected chi connectivity index (χ4v) is 11.2. The summed E-state index contributed by atoms with van der Waals surface area (Å²) < 4.78 is 17.9. The van der Waals surface area contributed by atoms with Crippen molar-refractivity contribution >= 4 is 69.2 Å². The molecule has 6 aromatic heterocycles. The minimum Gasteiger partial charge on any atom is -0.487 e. The van der Waals surface area contributed by atoms with Gasteiger partial charge >= 0.3 is 0 Å². The molecule has 0 bridgehead atoms. The van der Waals surface area contributed by atoms with Gasteiger partial charge in [-0.05, 0) is 155 Å². The lowest BCUT2D eigenvalue weighted by Crippen LogP contribution is -1.98. The van der Waals surface area contributed by atoms with Gasteiger partial charge < -0.3 is 14.2 Å². The van der Waals surface area contributed by atoms with E-state index in [4.69, 9.17) is 14.2 Å². The molecule has 0 radical (unpaired) electrons. The zero-order valence-corrected chi connectivity index (χ0v) is 55.6. The van der Waals surface area contributed by atoms with Crippen molar-refractivity contribution in [3.8, 4) is 17.2 Å². The molecule has 0 unspecified atom stereocenters. The average molecular weight is 1330 g/mol. The molecule has 15 rings (SSSR count). The molecule has 9 aromatic carbocycles. The molecule has 6 heterocycles. The van der Waals surface area contributed by atoms with E-state index >= 15 is 0 Å². The van der Waals surface area contributed by atoms with Crippen molar-refractivity contribution in [1.82, 2.24) is 76.8 Å². The highest BCUT2D eigenvalue weighted by molar-refractivity contribution is 5.80. The van der Waals surface area contributed by atoms with Crippen molar-refractivity contribution in [3.05, 3.63) is 339 Å². The fraction of sp³-hybridized carbons (Fsp3) is 0.133. The summed E-state index contributed by atoms with van der Waals surface area (Å²) in [5, 5.41) is 45.7. The highest BCUT2D eigenvalue weighted by Gasteiger charge is 2.08. The van der Waals surface area contributed by atoms with Crippen LogP contribution in [0.4, 0.5) is 0 Å². The van der Waals surface area contributed by atoms with E-state index in [9.17, 15) is 0 Å². The quantitative estimate of drug-likeness (QED) is 0.0428. The Labute approximate surface area is 585 Å². The predicted molar refractivity (Wildman–Crippen MR) is 398 cm³/mol. The van der Waals surface area contributed by atoms with Gasteiger partial charge in [-0.2, -0.15) is 15.6 Å². The van der Waals surface area contributed by atoms with Gasteiger partial charge in [0.05, 0.1) is 33.6 Å². The van der Waals surface area contributed by atoms with Crippen molar-refractivity contribution in [2.24, 2.45) is 0 Å². The minimum atomic E-state index is 0.427. The number of fused-ring (bicyclic) bond motifs is 3.